The van der Waals surface area contributed by atoms with Crippen molar-refractivity contribution in [1.82, 2.24) is 0 Å². The van der Waals surface area contributed by atoms with Crippen molar-refractivity contribution in [1.29, 1.82) is 0 Å². The molecule has 0 aliphatic carbocycles. The van der Waals surface area contributed by atoms with Gasteiger partial charge in [-0.3, -0.25) is 14.4 Å². The number of esters is 3. The van der Waals surface area contributed by atoms with E-state index in [2.05, 4.69) is 179 Å². The Labute approximate surface area is 446 Å². The molecule has 0 unspecified atom stereocenters. The molecule has 73 heavy (non-hydrogen) atoms. The minimum Gasteiger partial charge on any atom is -0.462 e. The van der Waals surface area contributed by atoms with E-state index in [4.69, 9.17) is 14.2 Å². The number of carbonyl (C=O) groups is 3. The summed E-state index contributed by atoms with van der Waals surface area (Å²) < 4.78 is 16.7. The fraction of sp³-hybridized carbons (Fsp3) is 0.507. The second-order valence-corrected chi connectivity index (χ2v) is 17.7. The Kier molecular flexibility index (Phi) is 54.6. The summed E-state index contributed by atoms with van der Waals surface area (Å²) in [7, 11) is 0. The number of hydrogen-bond donors (Lipinski definition) is 0. The van der Waals surface area contributed by atoms with Crippen molar-refractivity contribution in [3.63, 3.8) is 0 Å². The van der Waals surface area contributed by atoms with Gasteiger partial charge < -0.3 is 14.2 Å². The average Bonchev–Trinajstić information content (AvgIpc) is 3.39. The lowest BCUT2D eigenvalue weighted by atomic mass is 10.1. The van der Waals surface area contributed by atoms with Gasteiger partial charge in [0, 0.05) is 19.3 Å². The van der Waals surface area contributed by atoms with Crippen LogP contribution >= 0.6 is 0 Å². The molecular weight excluding hydrogens is 901 g/mol. The molecule has 0 heterocycles. The molecule has 0 saturated carbocycles. The highest BCUT2D eigenvalue weighted by molar-refractivity contribution is 5.71. The van der Waals surface area contributed by atoms with E-state index in [0.29, 0.717) is 19.3 Å². The van der Waals surface area contributed by atoms with Gasteiger partial charge in [0.25, 0.3) is 0 Å². The summed E-state index contributed by atoms with van der Waals surface area (Å²) in [4.78, 5) is 38.1. The van der Waals surface area contributed by atoms with E-state index in [9.17, 15) is 14.4 Å². The zero-order chi connectivity index (χ0) is 52.9. The van der Waals surface area contributed by atoms with E-state index in [0.717, 1.165) is 116 Å². The van der Waals surface area contributed by atoms with Gasteiger partial charge in [-0.1, -0.05) is 229 Å². The monoisotopic (exact) mass is 1000 g/mol. The molecule has 0 aliphatic heterocycles. The molecular formula is C67H100O6. The highest BCUT2D eigenvalue weighted by Gasteiger charge is 2.19. The second kappa shape index (κ2) is 59.1. The van der Waals surface area contributed by atoms with Gasteiger partial charge in [-0.2, -0.15) is 0 Å². The van der Waals surface area contributed by atoms with E-state index < -0.39 is 6.10 Å². The lowest BCUT2D eigenvalue weighted by Crippen LogP contribution is -2.30. The summed E-state index contributed by atoms with van der Waals surface area (Å²) in [5.74, 6) is -1.16. The maximum Gasteiger partial charge on any atom is 0.306 e. The first-order valence-corrected chi connectivity index (χ1v) is 28.3. The molecule has 0 aromatic rings. The van der Waals surface area contributed by atoms with Gasteiger partial charge >= 0.3 is 17.9 Å². The van der Waals surface area contributed by atoms with Gasteiger partial charge in [0.05, 0.1) is 0 Å². The second-order valence-electron chi connectivity index (χ2n) is 17.7. The predicted molar refractivity (Wildman–Crippen MR) is 315 cm³/mol. The Morgan fingerprint density at radius 2 is 0.562 bits per heavy atom. The molecule has 0 aromatic heterocycles. The zero-order valence-corrected chi connectivity index (χ0v) is 46.1. The van der Waals surface area contributed by atoms with Crippen molar-refractivity contribution in [3.8, 4) is 0 Å². The third kappa shape index (κ3) is 57.3. The highest BCUT2D eigenvalue weighted by Crippen LogP contribution is 2.10. The van der Waals surface area contributed by atoms with Crippen LogP contribution in [0.5, 0.6) is 0 Å². The van der Waals surface area contributed by atoms with Crippen molar-refractivity contribution < 1.29 is 28.6 Å². The van der Waals surface area contributed by atoms with E-state index in [1.807, 2.05) is 24.3 Å². The summed E-state index contributed by atoms with van der Waals surface area (Å²) in [6, 6.07) is 0. The van der Waals surface area contributed by atoms with Gasteiger partial charge in [0.2, 0.25) is 0 Å². The first-order valence-electron chi connectivity index (χ1n) is 28.3. The van der Waals surface area contributed by atoms with E-state index in [1.54, 1.807) is 0 Å². The van der Waals surface area contributed by atoms with Crippen LogP contribution in [0.1, 0.15) is 201 Å². The number of unbranched alkanes of at least 4 members (excludes halogenated alkanes) is 7. The normalized spacial score (nSPS) is 13.5. The van der Waals surface area contributed by atoms with Crippen molar-refractivity contribution in [2.45, 2.75) is 207 Å². The number of rotatable bonds is 48. The molecule has 0 saturated heterocycles. The Morgan fingerprint density at radius 1 is 0.288 bits per heavy atom. The average molecular weight is 1000 g/mol. The lowest BCUT2D eigenvalue weighted by molar-refractivity contribution is -0.166. The largest absolute Gasteiger partial charge is 0.462 e. The number of hydrogen-bond acceptors (Lipinski definition) is 6. The minimum atomic E-state index is -0.863. The van der Waals surface area contributed by atoms with Gasteiger partial charge in [-0.25, -0.2) is 0 Å². The van der Waals surface area contributed by atoms with E-state index >= 15 is 0 Å². The number of ether oxygens (including phenoxy) is 3. The molecule has 0 aromatic carbocycles. The van der Waals surface area contributed by atoms with Crippen molar-refractivity contribution >= 4 is 17.9 Å². The van der Waals surface area contributed by atoms with Crippen LogP contribution in [0.25, 0.3) is 0 Å². The Morgan fingerprint density at radius 3 is 0.877 bits per heavy atom. The molecule has 404 valence electrons. The summed E-state index contributed by atoms with van der Waals surface area (Å²) in [6.45, 7) is 6.20. The molecule has 0 radical (unpaired) electrons. The van der Waals surface area contributed by atoms with Gasteiger partial charge in [0.1, 0.15) is 13.2 Å². The molecule has 0 aliphatic rings. The quantitative estimate of drug-likeness (QED) is 0.0262. The zero-order valence-electron chi connectivity index (χ0n) is 46.1. The summed E-state index contributed by atoms with van der Waals surface area (Å²) in [5, 5.41) is 0. The molecule has 0 rings (SSSR count). The third-order valence-electron chi connectivity index (χ3n) is 10.9. The van der Waals surface area contributed by atoms with Crippen molar-refractivity contribution in [2.24, 2.45) is 0 Å². The third-order valence-corrected chi connectivity index (χ3v) is 10.9. The van der Waals surface area contributed by atoms with Crippen LogP contribution in [0.3, 0.4) is 0 Å². The maximum absolute atomic E-state index is 12.8. The smallest absolute Gasteiger partial charge is 0.306 e. The number of allylic oxidation sites excluding steroid dienone is 30. The Bertz CT molecular complexity index is 1770. The molecule has 0 spiro atoms. The Balaban J connectivity index is 4.70. The van der Waals surface area contributed by atoms with Gasteiger partial charge in [-0.15, -0.1) is 0 Å². The summed E-state index contributed by atoms with van der Waals surface area (Å²) >= 11 is 0. The van der Waals surface area contributed by atoms with Crippen molar-refractivity contribution in [3.05, 3.63) is 182 Å². The standard InChI is InChI=1S/C67H100O6/c1-4-7-10-13-16-19-22-25-28-31-33-36-38-41-44-47-50-53-56-59-65(68)71-62-64(73-67(70)61-58-55-52-49-46-43-40-35-30-27-24-21-18-15-12-9-6-3)63-72-66(69)60-57-54-51-48-45-42-39-37-34-32-29-26-23-20-17-14-11-8-5-2/h7,9-10,12,16-21,25-30,33-34,36-37,40-45,50-51,53-54,64H,4-6,8,11,13-15,22-24,31-32,35,38-39,46-49,52,55-63H2,1-3H3/b10-7-,12-9-,19-16-,20-17-,21-18-,28-25-,29-26-,30-27-,36-33-,37-34-,43-40-,44-41-,45-42-,53-50-,54-51-/t64-/m1/s1. The molecule has 0 N–H and O–H groups in total. The fourth-order valence-electron chi connectivity index (χ4n) is 6.73. The molecule has 0 bridgehead atoms. The topological polar surface area (TPSA) is 78.9 Å². The maximum atomic E-state index is 12.8. The molecule has 1 atom stereocenters. The van der Waals surface area contributed by atoms with Crippen LogP contribution in [-0.2, 0) is 28.6 Å². The predicted octanol–water partition coefficient (Wildman–Crippen LogP) is 19.3. The molecule has 0 fully saturated rings. The van der Waals surface area contributed by atoms with Crippen LogP contribution in [0, 0.1) is 0 Å². The lowest BCUT2D eigenvalue weighted by Gasteiger charge is -2.18. The minimum absolute atomic E-state index is 0.161. The fourth-order valence-corrected chi connectivity index (χ4v) is 6.73. The van der Waals surface area contributed by atoms with Crippen molar-refractivity contribution in [2.75, 3.05) is 13.2 Å². The summed E-state index contributed by atoms with van der Waals surface area (Å²) in [6.07, 6.45) is 89.0. The number of carbonyl (C=O) groups excluding carboxylic acids is 3. The molecule has 0 amide bonds. The van der Waals surface area contributed by atoms with Gasteiger partial charge in [-0.05, 0) is 135 Å². The van der Waals surface area contributed by atoms with Gasteiger partial charge in [0.15, 0.2) is 6.10 Å². The van der Waals surface area contributed by atoms with E-state index in [1.165, 1.54) is 25.7 Å². The first kappa shape index (κ1) is 67.5. The summed E-state index contributed by atoms with van der Waals surface area (Å²) in [5.41, 5.74) is 0. The van der Waals surface area contributed by atoms with Crippen LogP contribution in [-0.4, -0.2) is 37.2 Å². The molecule has 6 heteroatoms. The van der Waals surface area contributed by atoms with E-state index in [-0.39, 0.29) is 50.4 Å². The Hall–Kier alpha value is -5.49. The van der Waals surface area contributed by atoms with Crippen LogP contribution < -0.4 is 0 Å². The van der Waals surface area contributed by atoms with Crippen LogP contribution in [0.4, 0.5) is 0 Å². The highest BCUT2D eigenvalue weighted by atomic mass is 16.6. The SMILES string of the molecule is CC/C=C\C/C=C\C/C=C\C/C=C\C/C=C\C/C=C\CCC(=O)OC[C@H](COC(=O)CC/C=C\C/C=C\C/C=C\C/C=C\C/C=C\CCCCC)OC(=O)CCCCCC/C=C\C/C=C\C/C=C\C/C=C\CC. The van der Waals surface area contributed by atoms with Crippen LogP contribution in [0.2, 0.25) is 0 Å². The first-order chi connectivity index (χ1) is 36.0. The van der Waals surface area contributed by atoms with Crippen LogP contribution in [0.15, 0.2) is 182 Å². The molecule has 6 nitrogen and oxygen atoms in total.